The zero-order chi connectivity index (χ0) is 22.7. The van der Waals surface area contributed by atoms with E-state index >= 15 is 0 Å². The summed E-state index contributed by atoms with van der Waals surface area (Å²) in [6, 6.07) is 13.2. The van der Waals surface area contributed by atoms with Crippen molar-refractivity contribution in [3.63, 3.8) is 0 Å². The summed E-state index contributed by atoms with van der Waals surface area (Å²) in [6.45, 7) is 3.10. The fraction of sp³-hybridized carbons (Fsp3) is 0.240. The highest BCUT2D eigenvalue weighted by atomic mass is 16.5. The highest BCUT2D eigenvalue weighted by Crippen LogP contribution is 2.45. The van der Waals surface area contributed by atoms with Crippen LogP contribution < -0.4 is 4.74 Å². The predicted molar refractivity (Wildman–Crippen MR) is 120 cm³/mol. The summed E-state index contributed by atoms with van der Waals surface area (Å²) in [5.74, 6) is 0.432. The van der Waals surface area contributed by atoms with Crippen LogP contribution >= 0.6 is 0 Å². The topological polar surface area (TPSA) is 80.8 Å². The highest BCUT2D eigenvalue weighted by molar-refractivity contribution is 6.01. The Morgan fingerprint density at radius 1 is 1.15 bits per heavy atom. The standard InChI is InChI=1S/C25H22N4O4/c1-16-13-33-14-19(16)23(30)28-10-11-29-24(31)22-12-20-21(4-3-9-26-20)27(22)15-25(28,29)17-5-7-18(32-2)8-6-17/h3-9,12-14H,10-11,15H2,1-2H3. The molecule has 2 aliphatic rings. The molecule has 8 heteroatoms. The molecule has 166 valence electrons. The van der Waals surface area contributed by atoms with E-state index in [1.165, 1.54) is 6.26 Å². The second-order valence-corrected chi connectivity index (χ2v) is 8.45. The Balaban J connectivity index is 1.58. The van der Waals surface area contributed by atoms with Crippen molar-refractivity contribution in [2.45, 2.75) is 19.1 Å². The highest BCUT2D eigenvalue weighted by Gasteiger charge is 2.56. The lowest BCUT2D eigenvalue weighted by molar-refractivity contribution is -0.00520. The van der Waals surface area contributed by atoms with Gasteiger partial charge in [-0.25, -0.2) is 0 Å². The number of benzene rings is 1. The van der Waals surface area contributed by atoms with Gasteiger partial charge in [0.1, 0.15) is 17.7 Å². The number of pyridine rings is 1. The van der Waals surface area contributed by atoms with E-state index in [2.05, 4.69) is 4.98 Å². The average molecular weight is 442 g/mol. The fourth-order valence-electron chi connectivity index (χ4n) is 5.20. The maximum Gasteiger partial charge on any atom is 0.272 e. The molecule has 0 N–H and O–H groups in total. The number of methoxy groups -OCH3 is 1. The van der Waals surface area contributed by atoms with Gasteiger partial charge in [0.15, 0.2) is 5.66 Å². The molecule has 0 radical (unpaired) electrons. The lowest BCUT2D eigenvalue weighted by Gasteiger charge is -2.47. The van der Waals surface area contributed by atoms with Gasteiger partial charge in [-0.2, -0.15) is 0 Å². The van der Waals surface area contributed by atoms with Crippen LogP contribution in [0.15, 0.2) is 65.6 Å². The first-order valence-electron chi connectivity index (χ1n) is 10.8. The number of nitrogens with zero attached hydrogens (tertiary/aromatic N) is 4. The Kier molecular flexibility index (Phi) is 4.14. The van der Waals surface area contributed by atoms with Crippen molar-refractivity contribution < 1.29 is 18.7 Å². The molecule has 6 rings (SSSR count). The van der Waals surface area contributed by atoms with Crippen LogP contribution in [0.5, 0.6) is 5.75 Å². The smallest absolute Gasteiger partial charge is 0.272 e. The number of hydrogen-bond donors (Lipinski definition) is 0. The normalized spacial score (nSPS) is 19.6. The fourth-order valence-corrected chi connectivity index (χ4v) is 5.20. The van der Waals surface area contributed by atoms with Crippen molar-refractivity contribution >= 4 is 22.8 Å². The monoisotopic (exact) mass is 442 g/mol. The van der Waals surface area contributed by atoms with Gasteiger partial charge < -0.3 is 23.5 Å². The summed E-state index contributed by atoms with van der Waals surface area (Å²) in [5.41, 5.74) is 3.34. The molecule has 3 aromatic heterocycles. The van der Waals surface area contributed by atoms with Gasteiger partial charge in [0, 0.05) is 24.8 Å². The van der Waals surface area contributed by atoms with Crippen LogP contribution in [0.1, 0.15) is 32.0 Å². The third-order valence-corrected chi connectivity index (χ3v) is 6.84. The van der Waals surface area contributed by atoms with Gasteiger partial charge in [0.05, 0.1) is 36.5 Å². The van der Waals surface area contributed by atoms with Crippen molar-refractivity contribution in [2.24, 2.45) is 0 Å². The van der Waals surface area contributed by atoms with Crippen LogP contribution in [0, 0.1) is 6.92 Å². The predicted octanol–water partition coefficient (Wildman–Crippen LogP) is 3.41. The number of aryl methyl sites for hydroxylation is 1. The van der Waals surface area contributed by atoms with Crippen LogP contribution in [-0.2, 0) is 12.2 Å². The Morgan fingerprint density at radius 3 is 2.70 bits per heavy atom. The van der Waals surface area contributed by atoms with Gasteiger partial charge in [-0.15, -0.1) is 0 Å². The molecule has 0 saturated carbocycles. The SMILES string of the molecule is COc1ccc(C23Cn4c(cc5ncccc54)C(=O)N2CCN3C(=O)c2cocc2C)cc1. The maximum absolute atomic E-state index is 13.8. The molecule has 33 heavy (non-hydrogen) atoms. The quantitative estimate of drug-likeness (QED) is 0.486. The minimum atomic E-state index is -0.987. The Morgan fingerprint density at radius 2 is 1.97 bits per heavy atom. The van der Waals surface area contributed by atoms with E-state index < -0.39 is 5.66 Å². The summed E-state index contributed by atoms with van der Waals surface area (Å²) in [7, 11) is 1.61. The lowest BCUT2D eigenvalue weighted by atomic mass is 9.93. The number of furan rings is 1. The Labute approximate surface area is 190 Å². The zero-order valence-electron chi connectivity index (χ0n) is 18.3. The molecule has 0 bridgehead atoms. The molecule has 2 aliphatic heterocycles. The third-order valence-electron chi connectivity index (χ3n) is 6.84. The number of amides is 2. The minimum Gasteiger partial charge on any atom is -0.497 e. The van der Waals surface area contributed by atoms with E-state index in [1.54, 1.807) is 24.5 Å². The molecule has 0 spiro atoms. The van der Waals surface area contributed by atoms with Gasteiger partial charge in [-0.3, -0.25) is 14.6 Å². The van der Waals surface area contributed by atoms with Crippen molar-refractivity contribution in [3.05, 3.63) is 83.6 Å². The molecule has 5 heterocycles. The number of ether oxygens (including phenoxy) is 1. The van der Waals surface area contributed by atoms with Crippen LogP contribution in [0.25, 0.3) is 11.0 Å². The van der Waals surface area contributed by atoms with Crippen LogP contribution in [0.4, 0.5) is 0 Å². The van der Waals surface area contributed by atoms with E-state index in [0.717, 1.165) is 22.2 Å². The largest absolute Gasteiger partial charge is 0.497 e. The molecule has 1 atom stereocenters. The van der Waals surface area contributed by atoms with Gasteiger partial charge in [0.2, 0.25) is 0 Å². The Bertz CT molecular complexity index is 1400. The van der Waals surface area contributed by atoms with E-state index in [9.17, 15) is 9.59 Å². The third kappa shape index (κ3) is 2.60. The number of fused-ring (bicyclic) bond motifs is 4. The van der Waals surface area contributed by atoms with Crippen LogP contribution in [-0.4, -0.2) is 51.4 Å². The summed E-state index contributed by atoms with van der Waals surface area (Å²) in [6.07, 6.45) is 4.76. The van der Waals surface area contributed by atoms with E-state index in [0.29, 0.717) is 36.6 Å². The minimum absolute atomic E-state index is 0.116. The number of rotatable bonds is 3. The van der Waals surface area contributed by atoms with Crippen molar-refractivity contribution in [2.75, 3.05) is 20.2 Å². The van der Waals surface area contributed by atoms with Gasteiger partial charge >= 0.3 is 0 Å². The first-order chi connectivity index (χ1) is 16.0. The molecule has 1 fully saturated rings. The Hall–Kier alpha value is -4.07. The zero-order valence-corrected chi connectivity index (χ0v) is 18.3. The molecule has 0 aliphatic carbocycles. The van der Waals surface area contributed by atoms with Crippen LogP contribution in [0.3, 0.4) is 0 Å². The summed E-state index contributed by atoms with van der Waals surface area (Å²) in [4.78, 5) is 35.6. The van der Waals surface area contributed by atoms with Crippen molar-refractivity contribution in [3.8, 4) is 5.75 Å². The summed E-state index contributed by atoms with van der Waals surface area (Å²) in [5, 5.41) is 0. The molecule has 1 saturated heterocycles. The van der Waals surface area contributed by atoms with Crippen molar-refractivity contribution in [1.82, 2.24) is 19.4 Å². The summed E-state index contributed by atoms with van der Waals surface area (Å²) < 4.78 is 12.6. The number of aromatic nitrogens is 2. The van der Waals surface area contributed by atoms with Crippen LogP contribution in [0.2, 0.25) is 0 Å². The van der Waals surface area contributed by atoms with E-state index in [-0.39, 0.29) is 11.8 Å². The van der Waals surface area contributed by atoms with Gasteiger partial charge in [-0.1, -0.05) is 12.1 Å². The number of hydrogen-bond acceptors (Lipinski definition) is 5. The van der Waals surface area contributed by atoms with Crippen molar-refractivity contribution in [1.29, 1.82) is 0 Å². The molecule has 8 nitrogen and oxygen atoms in total. The number of carbonyl (C=O) groups excluding carboxylic acids is 2. The first-order valence-corrected chi connectivity index (χ1v) is 10.8. The van der Waals surface area contributed by atoms with E-state index in [1.807, 2.05) is 58.9 Å². The maximum atomic E-state index is 13.8. The molecule has 2 amide bonds. The van der Waals surface area contributed by atoms with E-state index in [4.69, 9.17) is 9.15 Å². The molecular formula is C25H22N4O4. The first kappa shape index (κ1) is 19.6. The van der Waals surface area contributed by atoms with Gasteiger partial charge in [-0.05, 0) is 42.8 Å². The lowest BCUT2D eigenvalue weighted by Crippen LogP contribution is -2.60. The second-order valence-electron chi connectivity index (χ2n) is 8.45. The second kappa shape index (κ2) is 6.96. The number of carbonyl (C=O) groups is 2. The summed E-state index contributed by atoms with van der Waals surface area (Å²) >= 11 is 0. The average Bonchev–Trinajstić information content (AvgIpc) is 3.55. The molecule has 4 aromatic rings. The van der Waals surface area contributed by atoms with Gasteiger partial charge in [0.25, 0.3) is 11.8 Å². The molecule has 1 unspecified atom stereocenters. The molecular weight excluding hydrogens is 420 g/mol. The molecule has 1 aromatic carbocycles.